The van der Waals surface area contributed by atoms with E-state index in [2.05, 4.69) is 38.4 Å². The van der Waals surface area contributed by atoms with Gasteiger partial charge < -0.3 is 14.4 Å². The van der Waals surface area contributed by atoms with Gasteiger partial charge in [0, 0.05) is 44.1 Å². The molecule has 4 aromatic heterocycles. The molecule has 0 aromatic carbocycles. The molecule has 12 heteroatoms. The average molecular weight is 579 g/mol. The summed E-state index contributed by atoms with van der Waals surface area (Å²) in [7, 11) is 1.86. The van der Waals surface area contributed by atoms with Crippen LogP contribution in [-0.2, 0) is 11.3 Å². The maximum atomic E-state index is 12.9. The van der Waals surface area contributed by atoms with E-state index in [4.69, 9.17) is 26.1 Å². The van der Waals surface area contributed by atoms with Crippen LogP contribution in [0.2, 0.25) is 5.02 Å². The van der Waals surface area contributed by atoms with Gasteiger partial charge in [0.15, 0.2) is 0 Å². The van der Waals surface area contributed by atoms with Gasteiger partial charge in [0.1, 0.15) is 12.2 Å². The highest BCUT2D eigenvalue weighted by Crippen LogP contribution is 2.37. The largest absolute Gasteiger partial charge is 0.439 e. The quantitative estimate of drug-likeness (QED) is 0.332. The number of H-pyrrole nitrogens is 1. The Kier molecular flexibility index (Phi) is 7.54. The molecular formula is C29H35ClN8O3. The molecule has 1 aliphatic heterocycles. The molecule has 2 aliphatic rings. The van der Waals surface area contributed by atoms with E-state index in [1.165, 1.54) is 25.7 Å². The van der Waals surface area contributed by atoms with Gasteiger partial charge in [-0.15, -0.1) is 0 Å². The van der Waals surface area contributed by atoms with Gasteiger partial charge in [-0.1, -0.05) is 56.3 Å². The SMILES string of the molecule is CCC1CN(C)C(=O)CN1c1nc2cc(-c3noc(=O)[nH]3)nc(-c3cncc(Cl)c3)c2n1CCC1CCC(C)CC1. The highest BCUT2D eigenvalue weighted by atomic mass is 35.5. The summed E-state index contributed by atoms with van der Waals surface area (Å²) < 4.78 is 7.00. The van der Waals surface area contributed by atoms with Gasteiger partial charge >= 0.3 is 5.76 Å². The van der Waals surface area contributed by atoms with E-state index in [1.54, 1.807) is 17.3 Å². The summed E-state index contributed by atoms with van der Waals surface area (Å²) in [6.45, 7) is 6.10. The molecule has 216 valence electrons. The monoisotopic (exact) mass is 578 g/mol. The van der Waals surface area contributed by atoms with Crippen LogP contribution in [0.1, 0.15) is 52.4 Å². The third-order valence-electron chi connectivity index (χ3n) is 8.65. The average Bonchev–Trinajstić information content (AvgIpc) is 3.57. The van der Waals surface area contributed by atoms with Crippen molar-refractivity contribution in [1.29, 1.82) is 0 Å². The van der Waals surface area contributed by atoms with Gasteiger partial charge in [-0.25, -0.2) is 14.8 Å². The van der Waals surface area contributed by atoms with Crippen LogP contribution < -0.4 is 10.7 Å². The Bertz CT molecular complexity index is 1620. The molecule has 0 radical (unpaired) electrons. The van der Waals surface area contributed by atoms with Crippen molar-refractivity contribution in [2.45, 2.75) is 65.0 Å². The Morgan fingerprint density at radius 2 is 1.93 bits per heavy atom. The van der Waals surface area contributed by atoms with Crippen LogP contribution in [0.25, 0.3) is 33.8 Å². The summed E-state index contributed by atoms with van der Waals surface area (Å²) in [5, 5.41) is 4.35. The number of carbonyl (C=O) groups is 1. The number of hydrogen-bond acceptors (Lipinski definition) is 8. The first-order chi connectivity index (χ1) is 19.8. The van der Waals surface area contributed by atoms with E-state index < -0.39 is 5.76 Å². The number of nitrogens with one attached hydrogen (secondary N) is 1. The Morgan fingerprint density at radius 3 is 2.63 bits per heavy atom. The Hall–Kier alpha value is -3.73. The maximum absolute atomic E-state index is 12.9. The zero-order valence-electron chi connectivity index (χ0n) is 23.6. The molecule has 1 saturated heterocycles. The minimum atomic E-state index is -0.664. The van der Waals surface area contributed by atoms with Crippen LogP contribution >= 0.6 is 11.6 Å². The van der Waals surface area contributed by atoms with Crippen molar-refractivity contribution in [2.24, 2.45) is 11.8 Å². The molecule has 4 aromatic rings. The number of pyridine rings is 2. The second-order valence-electron chi connectivity index (χ2n) is 11.5. The molecule has 11 nitrogen and oxygen atoms in total. The lowest BCUT2D eigenvalue weighted by Crippen LogP contribution is -2.55. The summed E-state index contributed by atoms with van der Waals surface area (Å²) in [6, 6.07) is 3.75. The molecule has 1 N–H and O–H groups in total. The number of anilines is 1. The van der Waals surface area contributed by atoms with Crippen LogP contribution in [0.15, 0.2) is 33.8 Å². The lowest BCUT2D eigenvalue weighted by atomic mass is 9.81. The fraction of sp³-hybridized carbons (Fsp3) is 0.517. The summed E-state index contributed by atoms with van der Waals surface area (Å²) in [5.74, 6) is 1.78. The van der Waals surface area contributed by atoms with Crippen LogP contribution in [0.4, 0.5) is 5.95 Å². The van der Waals surface area contributed by atoms with Crippen molar-refractivity contribution in [3.8, 4) is 22.8 Å². The lowest BCUT2D eigenvalue weighted by molar-refractivity contribution is -0.130. The van der Waals surface area contributed by atoms with E-state index >= 15 is 0 Å². The Balaban J connectivity index is 1.54. The van der Waals surface area contributed by atoms with Crippen LogP contribution in [-0.4, -0.2) is 66.6 Å². The first-order valence-corrected chi connectivity index (χ1v) is 14.8. The molecule has 1 atom stereocenters. The molecule has 1 amide bonds. The number of hydrogen-bond donors (Lipinski definition) is 1. The number of imidazole rings is 1. The highest BCUT2D eigenvalue weighted by Gasteiger charge is 2.33. The minimum Gasteiger partial charge on any atom is -0.342 e. The number of likely N-dealkylation sites (N-methyl/N-ethyl adjacent to an activating group) is 1. The van der Waals surface area contributed by atoms with Crippen molar-refractivity contribution in [1.82, 2.24) is 34.6 Å². The fourth-order valence-electron chi connectivity index (χ4n) is 6.20. The number of aromatic amines is 1. The lowest BCUT2D eigenvalue weighted by Gasteiger charge is -2.40. The predicted molar refractivity (Wildman–Crippen MR) is 157 cm³/mol. The summed E-state index contributed by atoms with van der Waals surface area (Å²) in [4.78, 5) is 45.6. The number of halogens is 1. The zero-order chi connectivity index (χ0) is 28.7. The van der Waals surface area contributed by atoms with E-state index in [0.717, 1.165) is 42.3 Å². The normalized spacial score (nSPS) is 21.7. The number of piperazine rings is 1. The first-order valence-electron chi connectivity index (χ1n) is 14.4. The standard InChI is InChI=1S/C29H35ClN8O3/c1-4-21-15-36(3)24(39)16-38(21)28-33-22-12-23(27-34-29(40)41-35-27)32-25(19-11-20(30)14-31-13-19)26(22)37(28)10-9-18-7-5-17(2)6-8-18/h11-14,17-18,21H,4-10,15-16H2,1-3H3,(H,34,35,40). The van der Waals surface area contributed by atoms with E-state index in [9.17, 15) is 9.59 Å². The molecule has 1 unspecified atom stereocenters. The van der Waals surface area contributed by atoms with Gasteiger partial charge in [-0.3, -0.25) is 19.3 Å². The van der Waals surface area contributed by atoms with Gasteiger partial charge in [0.2, 0.25) is 17.7 Å². The minimum absolute atomic E-state index is 0.0628. The van der Waals surface area contributed by atoms with Gasteiger partial charge in [0.05, 0.1) is 21.7 Å². The second kappa shape index (κ2) is 11.3. The maximum Gasteiger partial charge on any atom is 0.439 e. The van der Waals surface area contributed by atoms with Crippen molar-refractivity contribution >= 4 is 34.5 Å². The third kappa shape index (κ3) is 5.47. The number of aryl methyl sites for hydroxylation is 1. The summed E-state index contributed by atoms with van der Waals surface area (Å²) in [6.07, 6.45) is 10.1. The number of carbonyl (C=O) groups excluding carboxylic acids is 1. The molecule has 5 heterocycles. The van der Waals surface area contributed by atoms with E-state index in [0.29, 0.717) is 34.4 Å². The third-order valence-corrected chi connectivity index (χ3v) is 8.85. The van der Waals surface area contributed by atoms with Crippen molar-refractivity contribution in [2.75, 3.05) is 25.0 Å². The highest BCUT2D eigenvalue weighted by molar-refractivity contribution is 6.30. The Labute approximate surface area is 242 Å². The molecule has 1 saturated carbocycles. The zero-order valence-corrected chi connectivity index (χ0v) is 24.4. The van der Waals surface area contributed by atoms with E-state index in [1.807, 2.05) is 19.2 Å². The van der Waals surface area contributed by atoms with Gasteiger partial charge in [-0.2, -0.15) is 0 Å². The van der Waals surface area contributed by atoms with Gasteiger partial charge in [0.25, 0.3) is 0 Å². The van der Waals surface area contributed by atoms with Crippen LogP contribution in [0, 0.1) is 11.8 Å². The van der Waals surface area contributed by atoms with E-state index in [-0.39, 0.29) is 24.3 Å². The fourth-order valence-corrected chi connectivity index (χ4v) is 6.38. The molecule has 41 heavy (non-hydrogen) atoms. The van der Waals surface area contributed by atoms with Crippen molar-refractivity contribution < 1.29 is 9.32 Å². The number of fused-ring (bicyclic) bond motifs is 1. The smallest absolute Gasteiger partial charge is 0.342 e. The number of amides is 1. The number of aromatic nitrogens is 6. The van der Waals surface area contributed by atoms with Crippen molar-refractivity contribution in [3.05, 3.63) is 40.1 Å². The van der Waals surface area contributed by atoms with Crippen molar-refractivity contribution in [3.63, 3.8) is 0 Å². The second-order valence-corrected chi connectivity index (χ2v) is 11.9. The summed E-state index contributed by atoms with van der Waals surface area (Å²) >= 11 is 6.38. The van der Waals surface area contributed by atoms with Crippen LogP contribution in [0.3, 0.4) is 0 Å². The molecule has 0 spiro atoms. The number of nitrogens with zero attached hydrogens (tertiary/aromatic N) is 7. The molecule has 0 bridgehead atoms. The first kappa shape index (κ1) is 27.4. The Morgan fingerprint density at radius 1 is 1.12 bits per heavy atom. The summed E-state index contributed by atoms with van der Waals surface area (Å²) in [5.41, 5.74) is 3.28. The topological polar surface area (TPSA) is 126 Å². The predicted octanol–water partition coefficient (Wildman–Crippen LogP) is 4.76. The molecular weight excluding hydrogens is 544 g/mol. The van der Waals surface area contributed by atoms with Crippen LogP contribution in [0.5, 0.6) is 0 Å². The number of rotatable bonds is 7. The molecule has 6 rings (SSSR count). The van der Waals surface area contributed by atoms with Gasteiger partial charge in [-0.05, 0) is 36.8 Å². The molecule has 1 aliphatic carbocycles. The molecule has 2 fully saturated rings.